The van der Waals surface area contributed by atoms with E-state index in [9.17, 15) is 9.18 Å². The van der Waals surface area contributed by atoms with Crippen LogP contribution in [-0.2, 0) is 9.53 Å². The van der Waals surface area contributed by atoms with Crippen molar-refractivity contribution in [3.63, 3.8) is 0 Å². The first-order valence-electron chi connectivity index (χ1n) is 11.1. The molecule has 2 aliphatic heterocycles. The largest absolute Gasteiger partial charge is 0.495 e. The minimum atomic E-state index is -0.291. The zero-order valence-corrected chi connectivity index (χ0v) is 18.7. The summed E-state index contributed by atoms with van der Waals surface area (Å²) in [5.74, 6) is 0.427. The number of benzene rings is 2. The number of morpholine rings is 1. The summed E-state index contributed by atoms with van der Waals surface area (Å²) in [7, 11) is 1.64. The van der Waals surface area contributed by atoms with Crippen molar-refractivity contribution < 1.29 is 18.7 Å². The summed E-state index contributed by atoms with van der Waals surface area (Å²) in [6.07, 6.45) is 7.16. The molecule has 1 unspecified atom stereocenters. The Morgan fingerprint density at radius 1 is 1.18 bits per heavy atom. The number of imidazole rings is 1. The fourth-order valence-corrected chi connectivity index (χ4v) is 4.68. The van der Waals surface area contributed by atoms with Crippen molar-refractivity contribution in [1.82, 2.24) is 14.5 Å². The quantitative estimate of drug-likeness (QED) is 0.554. The van der Waals surface area contributed by atoms with Crippen LogP contribution in [0.2, 0.25) is 0 Å². The highest BCUT2D eigenvalue weighted by molar-refractivity contribution is 5.99. The molecule has 0 aliphatic carbocycles. The molecule has 5 rings (SSSR count). The number of halogens is 1. The molecule has 2 aromatic carbocycles. The minimum Gasteiger partial charge on any atom is -0.495 e. The van der Waals surface area contributed by atoms with Crippen molar-refractivity contribution in [3.05, 3.63) is 83.2 Å². The van der Waals surface area contributed by atoms with Gasteiger partial charge in [-0.15, -0.1) is 0 Å². The van der Waals surface area contributed by atoms with Gasteiger partial charge in [-0.05, 0) is 61.2 Å². The Labute approximate surface area is 192 Å². The maximum atomic E-state index is 13.5. The molecule has 2 atom stereocenters. The van der Waals surface area contributed by atoms with E-state index in [4.69, 9.17) is 9.47 Å². The summed E-state index contributed by atoms with van der Waals surface area (Å²) in [5, 5.41) is 0. The molecule has 0 saturated carbocycles. The molecule has 7 heteroatoms. The van der Waals surface area contributed by atoms with E-state index in [1.54, 1.807) is 25.6 Å². The molecule has 2 aliphatic rings. The SMILES string of the molecule is COc1cc(C=C2CC[C@@H]3COCC(c4ccc(F)cc4)N3C2=O)ccc1-n1cnc(C)c1. The highest BCUT2D eigenvalue weighted by Gasteiger charge is 2.40. The minimum absolute atomic E-state index is 0.0113. The van der Waals surface area contributed by atoms with Gasteiger partial charge in [-0.1, -0.05) is 18.2 Å². The van der Waals surface area contributed by atoms with Crippen molar-refractivity contribution in [2.45, 2.75) is 31.8 Å². The number of rotatable bonds is 4. The predicted octanol–water partition coefficient (Wildman–Crippen LogP) is 4.47. The van der Waals surface area contributed by atoms with E-state index >= 15 is 0 Å². The number of carbonyl (C=O) groups is 1. The second kappa shape index (κ2) is 8.83. The normalized spacial score (nSPS) is 21.8. The first kappa shape index (κ1) is 21.4. The Balaban J connectivity index is 1.44. The van der Waals surface area contributed by atoms with E-state index in [-0.39, 0.29) is 23.8 Å². The topological polar surface area (TPSA) is 56.6 Å². The number of aromatic nitrogens is 2. The summed E-state index contributed by atoms with van der Waals surface area (Å²) in [6, 6.07) is 12.0. The van der Waals surface area contributed by atoms with Crippen molar-refractivity contribution in [1.29, 1.82) is 0 Å². The van der Waals surface area contributed by atoms with Gasteiger partial charge in [-0.3, -0.25) is 4.79 Å². The van der Waals surface area contributed by atoms with Crippen LogP contribution in [0, 0.1) is 12.7 Å². The highest BCUT2D eigenvalue weighted by atomic mass is 19.1. The maximum absolute atomic E-state index is 13.5. The van der Waals surface area contributed by atoms with E-state index in [2.05, 4.69) is 4.98 Å². The van der Waals surface area contributed by atoms with Crippen LogP contribution in [0.4, 0.5) is 4.39 Å². The van der Waals surface area contributed by atoms with Crippen LogP contribution in [0.1, 0.15) is 35.7 Å². The Kier molecular flexibility index (Phi) is 5.72. The molecule has 0 radical (unpaired) electrons. The van der Waals surface area contributed by atoms with E-state index < -0.39 is 0 Å². The maximum Gasteiger partial charge on any atom is 0.250 e. The molecule has 2 fully saturated rings. The Hall–Kier alpha value is -3.45. The monoisotopic (exact) mass is 447 g/mol. The van der Waals surface area contributed by atoms with Crippen LogP contribution in [0.15, 0.2) is 60.6 Å². The van der Waals surface area contributed by atoms with Gasteiger partial charge < -0.3 is 18.9 Å². The lowest BCUT2D eigenvalue weighted by atomic mass is 9.91. The number of amides is 1. The first-order valence-corrected chi connectivity index (χ1v) is 11.1. The number of piperidine rings is 1. The van der Waals surface area contributed by atoms with Gasteiger partial charge in [-0.2, -0.15) is 0 Å². The number of nitrogens with zero attached hydrogens (tertiary/aromatic N) is 3. The third-order valence-corrected chi connectivity index (χ3v) is 6.36. The number of hydrogen-bond acceptors (Lipinski definition) is 4. The highest BCUT2D eigenvalue weighted by Crippen LogP contribution is 2.36. The van der Waals surface area contributed by atoms with E-state index in [1.807, 2.05) is 46.9 Å². The third-order valence-electron chi connectivity index (χ3n) is 6.36. The van der Waals surface area contributed by atoms with Gasteiger partial charge in [0, 0.05) is 11.8 Å². The van der Waals surface area contributed by atoms with Crippen LogP contribution in [0.25, 0.3) is 11.8 Å². The fraction of sp³-hybridized carbons (Fsp3) is 0.308. The molecule has 1 aromatic heterocycles. The van der Waals surface area contributed by atoms with Crippen molar-refractivity contribution in [2.24, 2.45) is 0 Å². The fourth-order valence-electron chi connectivity index (χ4n) is 4.68. The molecular formula is C26H26FN3O3. The molecule has 170 valence electrons. The molecule has 3 aromatic rings. The number of methoxy groups -OCH3 is 1. The van der Waals surface area contributed by atoms with Crippen LogP contribution < -0.4 is 4.74 Å². The Bertz CT molecular complexity index is 1200. The number of fused-ring (bicyclic) bond motifs is 1. The second-order valence-corrected chi connectivity index (χ2v) is 8.53. The summed E-state index contributed by atoms with van der Waals surface area (Å²) < 4.78 is 26.8. The standard InChI is InChI=1S/C26H26FN3O3/c1-17-13-29(16-28-17)23-10-3-18(12-25(23)32-2)11-20-6-9-22-14-33-15-24(30(22)26(20)31)19-4-7-21(27)8-5-19/h3-5,7-8,10-13,16,22,24H,6,9,14-15H2,1-2H3/t22-,24?/m1/s1. The van der Waals surface area contributed by atoms with E-state index in [0.29, 0.717) is 25.4 Å². The zero-order valence-electron chi connectivity index (χ0n) is 18.7. The lowest BCUT2D eigenvalue weighted by Crippen LogP contribution is -2.53. The summed E-state index contributed by atoms with van der Waals surface area (Å²) >= 11 is 0. The average molecular weight is 448 g/mol. The molecule has 33 heavy (non-hydrogen) atoms. The molecule has 0 bridgehead atoms. The molecule has 1 amide bonds. The van der Waals surface area contributed by atoms with Gasteiger partial charge in [0.05, 0.1) is 50.1 Å². The second-order valence-electron chi connectivity index (χ2n) is 8.53. The molecule has 2 saturated heterocycles. The Morgan fingerprint density at radius 3 is 2.73 bits per heavy atom. The summed E-state index contributed by atoms with van der Waals surface area (Å²) in [5.41, 5.74) is 4.36. The van der Waals surface area contributed by atoms with E-state index in [1.165, 1.54) is 12.1 Å². The van der Waals surface area contributed by atoms with Gasteiger partial charge >= 0.3 is 0 Å². The van der Waals surface area contributed by atoms with Gasteiger partial charge in [0.15, 0.2) is 0 Å². The predicted molar refractivity (Wildman–Crippen MR) is 123 cm³/mol. The van der Waals surface area contributed by atoms with Gasteiger partial charge in [-0.25, -0.2) is 9.37 Å². The van der Waals surface area contributed by atoms with E-state index in [0.717, 1.165) is 34.5 Å². The molecule has 0 spiro atoms. The van der Waals surface area contributed by atoms with Crippen LogP contribution in [0.3, 0.4) is 0 Å². The lowest BCUT2D eigenvalue weighted by Gasteiger charge is -2.45. The third kappa shape index (κ3) is 4.16. The van der Waals surface area contributed by atoms with Crippen molar-refractivity contribution in [3.8, 4) is 11.4 Å². The first-order chi connectivity index (χ1) is 16.0. The lowest BCUT2D eigenvalue weighted by molar-refractivity contribution is -0.145. The summed E-state index contributed by atoms with van der Waals surface area (Å²) in [4.78, 5) is 19.8. The molecule has 0 N–H and O–H groups in total. The Morgan fingerprint density at radius 2 is 2.00 bits per heavy atom. The molecule has 6 nitrogen and oxygen atoms in total. The van der Waals surface area contributed by atoms with Gasteiger partial charge in [0.1, 0.15) is 11.6 Å². The average Bonchev–Trinajstić information content (AvgIpc) is 3.27. The number of carbonyl (C=O) groups excluding carboxylic acids is 1. The molecular weight excluding hydrogens is 421 g/mol. The zero-order chi connectivity index (χ0) is 22.9. The van der Waals surface area contributed by atoms with Crippen LogP contribution >= 0.6 is 0 Å². The van der Waals surface area contributed by atoms with Crippen LogP contribution in [-0.4, -0.2) is 46.7 Å². The van der Waals surface area contributed by atoms with Crippen LogP contribution in [0.5, 0.6) is 5.75 Å². The molecule has 3 heterocycles. The van der Waals surface area contributed by atoms with Gasteiger partial charge in [0.25, 0.3) is 5.91 Å². The number of hydrogen-bond donors (Lipinski definition) is 0. The number of aryl methyl sites for hydroxylation is 1. The van der Waals surface area contributed by atoms with Crippen molar-refractivity contribution >= 4 is 12.0 Å². The van der Waals surface area contributed by atoms with Gasteiger partial charge in [0.2, 0.25) is 0 Å². The summed E-state index contributed by atoms with van der Waals surface area (Å²) in [6.45, 7) is 2.88. The smallest absolute Gasteiger partial charge is 0.250 e. The van der Waals surface area contributed by atoms with Crippen molar-refractivity contribution in [2.75, 3.05) is 20.3 Å². The number of ether oxygens (including phenoxy) is 2.